The lowest BCUT2D eigenvalue weighted by atomic mass is 9.96. The number of rotatable bonds is 4. The molecule has 0 aliphatic carbocycles. The number of halogens is 1. The van der Waals surface area contributed by atoms with Gasteiger partial charge in [0.25, 0.3) is 5.91 Å². The molecule has 0 unspecified atom stereocenters. The predicted molar refractivity (Wildman–Crippen MR) is 70.5 cm³/mol. The number of aromatic nitrogens is 1. The highest BCUT2D eigenvalue weighted by atomic mass is 35.5. The average molecular weight is 255 g/mol. The smallest absolute Gasteiger partial charge is 0.253 e. The van der Waals surface area contributed by atoms with Crippen molar-refractivity contribution in [1.29, 1.82) is 0 Å². The summed E-state index contributed by atoms with van der Waals surface area (Å²) in [4.78, 5) is 16.2. The number of pyridine rings is 1. The van der Waals surface area contributed by atoms with E-state index in [2.05, 4.69) is 10.3 Å². The zero-order chi connectivity index (χ0) is 13.1. The van der Waals surface area contributed by atoms with Gasteiger partial charge in [-0.05, 0) is 31.4 Å². The van der Waals surface area contributed by atoms with Crippen molar-refractivity contribution in [2.45, 2.75) is 27.7 Å². The second-order valence-corrected chi connectivity index (χ2v) is 5.33. The Morgan fingerprint density at radius 2 is 2.06 bits per heavy atom. The largest absolute Gasteiger partial charge is 0.351 e. The molecule has 0 spiro atoms. The lowest BCUT2D eigenvalue weighted by Gasteiger charge is -2.21. The van der Waals surface area contributed by atoms with Gasteiger partial charge >= 0.3 is 0 Å². The fourth-order valence-electron chi connectivity index (χ4n) is 1.39. The van der Waals surface area contributed by atoms with E-state index < -0.39 is 0 Å². The lowest BCUT2D eigenvalue weighted by Crippen LogP contribution is -2.35. The molecule has 0 aromatic carbocycles. The van der Waals surface area contributed by atoms with Gasteiger partial charge in [-0.15, -0.1) is 11.6 Å². The summed E-state index contributed by atoms with van der Waals surface area (Å²) in [5, 5.41) is 2.89. The van der Waals surface area contributed by atoms with E-state index in [0.29, 0.717) is 18.0 Å². The first-order valence-corrected chi connectivity index (χ1v) is 6.17. The van der Waals surface area contributed by atoms with Crippen molar-refractivity contribution >= 4 is 17.5 Å². The summed E-state index contributed by atoms with van der Waals surface area (Å²) < 4.78 is 0. The SMILES string of the molecule is Cc1ccc(C(=O)NCC(C)(C)CCl)c(C)n1. The van der Waals surface area contributed by atoms with E-state index in [1.165, 1.54) is 0 Å². The number of hydrogen-bond donors (Lipinski definition) is 1. The third-order valence-corrected chi connectivity index (χ3v) is 3.28. The Hall–Kier alpha value is -1.09. The van der Waals surface area contributed by atoms with E-state index in [9.17, 15) is 4.79 Å². The van der Waals surface area contributed by atoms with Crippen LogP contribution in [0.2, 0.25) is 0 Å². The van der Waals surface area contributed by atoms with E-state index in [4.69, 9.17) is 11.6 Å². The maximum atomic E-state index is 11.9. The Balaban J connectivity index is 2.71. The maximum Gasteiger partial charge on any atom is 0.253 e. The quantitative estimate of drug-likeness (QED) is 0.840. The molecule has 0 bridgehead atoms. The van der Waals surface area contributed by atoms with Gasteiger partial charge in [0.15, 0.2) is 0 Å². The van der Waals surface area contributed by atoms with Crippen LogP contribution in [0.5, 0.6) is 0 Å². The number of aryl methyl sites for hydroxylation is 2. The standard InChI is InChI=1S/C13H19ClN2O/c1-9-5-6-11(10(2)16-9)12(17)15-8-13(3,4)7-14/h5-6H,7-8H2,1-4H3,(H,15,17). The molecular weight excluding hydrogens is 236 g/mol. The van der Waals surface area contributed by atoms with Crippen LogP contribution in [-0.2, 0) is 0 Å². The number of nitrogens with zero attached hydrogens (tertiary/aromatic N) is 1. The van der Waals surface area contributed by atoms with E-state index in [1.807, 2.05) is 33.8 Å². The van der Waals surface area contributed by atoms with Crippen molar-refractivity contribution < 1.29 is 4.79 Å². The summed E-state index contributed by atoms with van der Waals surface area (Å²) in [6.07, 6.45) is 0. The van der Waals surface area contributed by atoms with Crippen LogP contribution >= 0.6 is 11.6 Å². The molecule has 1 heterocycles. The monoisotopic (exact) mass is 254 g/mol. The normalized spacial score (nSPS) is 11.4. The van der Waals surface area contributed by atoms with Crippen molar-refractivity contribution in [2.75, 3.05) is 12.4 Å². The summed E-state index contributed by atoms with van der Waals surface area (Å²) in [5.74, 6) is 0.423. The molecule has 0 aliphatic heterocycles. The first-order chi connectivity index (χ1) is 7.85. The van der Waals surface area contributed by atoms with Crippen LogP contribution in [0.25, 0.3) is 0 Å². The second kappa shape index (κ2) is 5.50. The molecule has 3 nitrogen and oxygen atoms in total. The molecule has 4 heteroatoms. The first kappa shape index (κ1) is 14.0. The van der Waals surface area contributed by atoms with Gasteiger partial charge in [0.05, 0.1) is 11.3 Å². The summed E-state index contributed by atoms with van der Waals surface area (Å²) in [6, 6.07) is 3.65. The summed E-state index contributed by atoms with van der Waals surface area (Å²) in [5.41, 5.74) is 2.20. The Kier molecular flexibility index (Phi) is 4.52. The number of hydrogen-bond acceptors (Lipinski definition) is 2. The maximum absolute atomic E-state index is 11.9. The van der Waals surface area contributed by atoms with Crippen LogP contribution in [-0.4, -0.2) is 23.3 Å². The van der Waals surface area contributed by atoms with Crippen molar-refractivity contribution in [3.05, 3.63) is 29.1 Å². The fraction of sp³-hybridized carbons (Fsp3) is 0.538. The van der Waals surface area contributed by atoms with Gasteiger partial charge in [-0.25, -0.2) is 0 Å². The average Bonchev–Trinajstić information content (AvgIpc) is 2.26. The van der Waals surface area contributed by atoms with E-state index >= 15 is 0 Å². The molecular formula is C13H19ClN2O. The number of nitrogens with one attached hydrogen (secondary N) is 1. The van der Waals surface area contributed by atoms with Gasteiger partial charge < -0.3 is 5.32 Å². The number of carbonyl (C=O) groups is 1. The molecule has 0 aliphatic rings. The Morgan fingerprint density at radius 3 is 2.59 bits per heavy atom. The van der Waals surface area contributed by atoms with Crippen LogP contribution in [0.3, 0.4) is 0 Å². The zero-order valence-electron chi connectivity index (χ0n) is 10.8. The molecule has 1 amide bonds. The third kappa shape index (κ3) is 4.00. The van der Waals surface area contributed by atoms with Crippen molar-refractivity contribution in [3.8, 4) is 0 Å². The highest BCUT2D eigenvalue weighted by molar-refractivity contribution is 6.18. The number of carbonyl (C=O) groups excluding carboxylic acids is 1. The third-order valence-electron chi connectivity index (χ3n) is 2.56. The van der Waals surface area contributed by atoms with Gasteiger partial charge in [-0.1, -0.05) is 13.8 Å². The van der Waals surface area contributed by atoms with Gasteiger partial charge in [-0.2, -0.15) is 0 Å². The fourth-order valence-corrected chi connectivity index (χ4v) is 1.48. The Bertz CT molecular complexity index is 416. The van der Waals surface area contributed by atoms with Crippen molar-refractivity contribution in [1.82, 2.24) is 10.3 Å². The molecule has 0 saturated carbocycles. The van der Waals surface area contributed by atoms with E-state index in [1.54, 1.807) is 6.07 Å². The minimum atomic E-state index is -0.0940. The van der Waals surface area contributed by atoms with Crippen molar-refractivity contribution in [3.63, 3.8) is 0 Å². The molecule has 1 aromatic rings. The molecule has 1 aromatic heterocycles. The molecule has 0 saturated heterocycles. The summed E-state index contributed by atoms with van der Waals surface area (Å²) in [7, 11) is 0. The summed E-state index contributed by atoms with van der Waals surface area (Å²) >= 11 is 5.81. The van der Waals surface area contributed by atoms with Crippen LogP contribution in [0.4, 0.5) is 0 Å². The van der Waals surface area contributed by atoms with Gasteiger partial charge in [0, 0.05) is 18.1 Å². The van der Waals surface area contributed by atoms with E-state index in [-0.39, 0.29) is 11.3 Å². The predicted octanol–water partition coefficient (Wildman–Crippen LogP) is 2.69. The zero-order valence-corrected chi connectivity index (χ0v) is 11.6. The second-order valence-electron chi connectivity index (χ2n) is 5.07. The van der Waals surface area contributed by atoms with Crippen molar-refractivity contribution in [2.24, 2.45) is 5.41 Å². The summed E-state index contributed by atoms with van der Waals surface area (Å²) in [6.45, 7) is 8.34. The Morgan fingerprint density at radius 1 is 1.41 bits per heavy atom. The van der Waals surface area contributed by atoms with Gasteiger partial charge in [-0.3, -0.25) is 9.78 Å². The number of amides is 1. The molecule has 0 radical (unpaired) electrons. The van der Waals surface area contributed by atoms with Crippen LogP contribution < -0.4 is 5.32 Å². The van der Waals surface area contributed by atoms with Crippen LogP contribution in [0.15, 0.2) is 12.1 Å². The molecule has 1 N–H and O–H groups in total. The van der Waals surface area contributed by atoms with Gasteiger partial charge in [0.2, 0.25) is 0 Å². The molecule has 0 fully saturated rings. The van der Waals surface area contributed by atoms with Gasteiger partial charge in [0.1, 0.15) is 0 Å². The minimum Gasteiger partial charge on any atom is -0.351 e. The first-order valence-electron chi connectivity index (χ1n) is 5.64. The molecule has 17 heavy (non-hydrogen) atoms. The topological polar surface area (TPSA) is 42.0 Å². The lowest BCUT2D eigenvalue weighted by molar-refractivity contribution is 0.0939. The highest BCUT2D eigenvalue weighted by Gasteiger charge is 2.18. The highest BCUT2D eigenvalue weighted by Crippen LogP contribution is 2.15. The number of alkyl halides is 1. The molecule has 0 atom stereocenters. The minimum absolute atomic E-state index is 0.0896. The van der Waals surface area contributed by atoms with E-state index in [0.717, 1.165) is 11.4 Å². The van der Waals surface area contributed by atoms with Crippen LogP contribution in [0.1, 0.15) is 35.6 Å². The van der Waals surface area contributed by atoms with Crippen LogP contribution in [0, 0.1) is 19.3 Å². The Labute approximate surface area is 108 Å². The molecule has 1 rings (SSSR count). The molecule has 94 valence electrons.